The number of hydrogen-bond donors (Lipinski definition) is 2. The minimum Gasteiger partial charge on any atom is -0.497 e. The number of hydrogen-bond acceptors (Lipinski definition) is 6. The Morgan fingerprint density at radius 2 is 1.88 bits per heavy atom. The minimum atomic E-state index is -0.974. The molecule has 3 N–H and O–H groups in total. The van der Waals surface area contributed by atoms with E-state index in [1.54, 1.807) is 23.8 Å². The number of rotatable bonds is 5. The zero-order valence-electron chi connectivity index (χ0n) is 19.4. The molecule has 8 nitrogen and oxygen atoms in total. The first kappa shape index (κ1) is 24.7. The number of fused-ring (bicyclic) bond motifs is 1. The van der Waals surface area contributed by atoms with Crippen molar-refractivity contribution in [2.45, 2.75) is 32.5 Å². The monoisotopic (exact) mass is 454 g/mol. The van der Waals surface area contributed by atoms with E-state index >= 15 is 0 Å². The molecule has 0 saturated heterocycles. The summed E-state index contributed by atoms with van der Waals surface area (Å²) in [6.45, 7) is 4.62. The lowest BCUT2D eigenvalue weighted by Gasteiger charge is -2.29. The molecule has 33 heavy (non-hydrogen) atoms. The SMILES string of the molecule is COc1cccc(CN2CCCN(C(C)=O)c3ccccc3CN(C(=O)[C@H](N)CO)CC2)c1. The molecular weight excluding hydrogens is 420 g/mol. The third-order valence-corrected chi connectivity index (χ3v) is 5.93. The average molecular weight is 455 g/mol. The molecule has 3 rings (SSSR count). The van der Waals surface area contributed by atoms with E-state index in [0.29, 0.717) is 32.7 Å². The summed E-state index contributed by atoms with van der Waals surface area (Å²) in [6, 6.07) is 14.6. The Morgan fingerprint density at radius 1 is 1.09 bits per heavy atom. The van der Waals surface area contributed by atoms with E-state index in [1.165, 1.54) is 0 Å². The van der Waals surface area contributed by atoms with Crippen molar-refractivity contribution in [3.8, 4) is 5.75 Å². The molecule has 2 amide bonds. The Hall–Kier alpha value is -2.94. The van der Waals surface area contributed by atoms with Crippen molar-refractivity contribution in [1.29, 1.82) is 0 Å². The zero-order valence-corrected chi connectivity index (χ0v) is 19.4. The highest BCUT2D eigenvalue weighted by Gasteiger charge is 2.25. The second-order valence-electron chi connectivity index (χ2n) is 8.33. The van der Waals surface area contributed by atoms with Gasteiger partial charge in [-0.05, 0) is 35.7 Å². The highest BCUT2D eigenvalue weighted by Crippen LogP contribution is 2.24. The van der Waals surface area contributed by atoms with E-state index in [0.717, 1.165) is 35.5 Å². The van der Waals surface area contributed by atoms with Gasteiger partial charge in [0, 0.05) is 51.9 Å². The van der Waals surface area contributed by atoms with Gasteiger partial charge in [0.05, 0.1) is 13.7 Å². The second kappa shape index (κ2) is 11.8. The topological polar surface area (TPSA) is 99.3 Å². The molecule has 0 radical (unpaired) electrons. The molecule has 0 aromatic heterocycles. The Kier molecular flexibility index (Phi) is 8.82. The molecule has 0 bridgehead atoms. The van der Waals surface area contributed by atoms with Gasteiger partial charge in [0.15, 0.2) is 0 Å². The molecule has 0 saturated carbocycles. The van der Waals surface area contributed by atoms with Crippen molar-refractivity contribution in [3.63, 3.8) is 0 Å². The first-order chi connectivity index (χ1) is 15.9. The number of carbonyl (C=O) groups is 2. The summed E-state index contributed by atoms with van der Waals surface area (Å²) in [5, 5.41) is 9.47. The molecule has 0 fully saturated rings. The van der Waals surface area contributed by atoms with Crippen LogP contribution in [0.2, 0.25) is 0 Å². The highest BCUT2D eigenvalue weighted by atomic mass is 16.5. The number of nitrogens with zero attached hydrogens (tertiary/aromatic N) is 3. The van der Waals surface area contributed by atoms with Crippen LogP contribution in [-0.4, -0.2) is 72.7 Å². The lowest BCUT2D eigenvalue weighted by molar-refractivity contribution is -0.134. The Bertz CT molecular complexity index is 952. The lowest BCUT2D eigenvalue weighted by Crippen LogP contribution is -2.47. The van der Waals surface area contributed by atoms with Crippen molar-refractivity contribution in [3.05, 3.63) is 59.7 Å². The number of methoxy groups -OCH3 is 1. The quantitative estimate of drug-likeness (QED) is 0.712. The molecular formula is C25H34N4O4. The fourth-order valence-corrected chi connectivity index (χ4v) is 4.15. The molecule has 178 valence electrons. The minimum absolute atomic E-state index is 0.0361. The lowest BCUT2D eigenvalue weighted by atomic mass is 10.1. The van der Waals surface area contributed by atoms with Gasteiger partial charge in [0.1, 0.15) is 11.8 Å². The van der Waals surface area contributed by atoms with Crippen LogP contribution >= 0.6 is 0 Å². The summed E-state index contributed by atoms with van der Waals surface area (Å²) in [7, 11) is 1.65. The molecule has 0 aliphatic carbocycles. The largest absolute Gasteiger partial charge is 0.497 e. The van der Waals surface area contributed by atoms with Crippen LogP contribution in [0, 0.1) is 0 Å². The Morgan fingerprint density at radius 3 is 2.61 bits per heavy atom. The number of anilines is 1. The number of aliphatic hydroxyl groups excluding tert-OH is 1. The van der Waals surface area contributed by atoms with Crippen molar-refractivity contribution < 1.29 is 19.4 Å². The predicted octanol–water partition coefficient (Wildman–Crippen LogP) is 1.60. The van der Waals surface area contributed by atoms with Crippen molar-refractivity contribution in [2.24, 2.45) is 5.73 Å². The molecule has 1 aliphatic rings. The third-order valence-electron chi connectivity index (χ3n) is 5.93. The van der Waals surface area contributed by atoms with Crippen LogP contribution in [0.5, 0.6) is 5.75 Å². The summed E-state index contributed by atoms with van der Waals surface area (Å²) in [5.41, 5.74) is 8.69. The maximum Gasteiger partial charge on any atom is 0.242 e. The number of benzene rings is 2. The van der Waals surface area contributed by atoms with Gasteiger partial charge in [-0.1, -0.05) is 30.3 Å². The second-order valence-corrected chi connectivity index (χ2v) is 8.33. The number of carbonyl (C=O) groups excluding carboxylic acids is 2. The summed E-state index contributed by atoms with van der Waals surface area (Å²) in [6.07, 6.45) is 0.794. The van der Waals surface area contributed by atoms with Gasteiger partial charge < -0.3 is 25.4 Å². The summed E-state index contributed by atoms with van der Waals surface area (Å²) >= 11 is 0. The van der Waals surface area contributed by atoms with E-state index in [9.17, 15) is 14.7 Å². The number of aliphatic hydroxyl groups is 1. The maximum atomic E-state index is 13.0. The normalized spacial score (nSPS) is 16.5. The van der Waals surface area contributed by atoms with Gasteiger partial charge in [0.2, 0.25) is 11.8 Å². The average Bonchev–Trinajstić information content (AvgIpc) is 2.86. The van der Waals surface area contributed by atoms with E-state index in [-0.39, 0.29) is 11.8 Å². The summed E-state index contributed by atoms with van der Waals surface area (Å²) < 4.78 is 5.35. The Balaban J connectivity index is 1.90. The number of para-hydroxylation sites is 1. The zero-order chi connectivity index (χ0) is 23.8. The van der Waals surface area contributed by atoms with E-state index in [4.69, 9.17) is 10.5 Å². The van der Waals surface area contributed by atoms with Gasteiger partial charge in [-0.2, -0.15) is 0 Å². The van der Waals surface area contributed by atoms with Crippen molar-refractivity contribution in [1.82, 2.24) is 9.80 Å². The summed E-state index contributed by atoms with van der Waals surface area (Å²) in [4.78, 5) is 31.2. The van der Waals surface area contributed by atoms with Gasteiger partial charge in [-0.3, -0.25) is 14.5 Å². The van der Waals surface area contributed by atoms with Crippen molar-refractivity contribution >= 4 is 17.5 Å². The van der Waals surface area contributed by atoms with E-state index in [1.807, 2.05) is 42.5 Å². The Labute approximate surface area is 195 Å². The predicted molar refractivity (Wildman–Crippen MR) is 128 cm³/mol. The van der Waals surface area contributed by atoms with Crippen LogP contribution in [0.25, 0.3) is 0 Å². The summed E-state index contributed by atoms with van der Waals surface area (Å²) in [5.74, 6) is 0.461. The fraction of sp³-hybridized carbons (Fsp3) is 0.440. The number of nitrogens with two attached hydrogens (primary N) is 1. The smallest absolute Gasteiger partial charge is 0.242 e. The first-order valence-electron chi connectivity index (χ1n) is 11.3. The third kappa shape index (κ3) is 6.54. The maximum absolute atomic E-state index is 13.0. The first-order valence-corrected chi connectivity index (χ1v) is 11.3. The molecule has 1 atom stereocenters. The fourth-order valence-electron chi connectivity index (χ4n) is 4.15. The van der Waals surface area contributed by atoms with E-state index < -0.39 is 12.6 Å². The van der Waals surface area contributed by atoms with Crippen LogP contribution in [0.3, 0.4) is 0 Å². The van der Waals surface area contributed by atoms with Crippen LogP contribution in [0.15, 0.2) is 48.5 Å². The molecule has 2 aromatic carbocycles. The number of ether oxygens (including phenoxy) is 1. The molecule has 1 aliphatic heterocycles. The molecule has 0 unspecified atom stereocenters. The van der Waals surface area contributed by atoms with Crippen LogP contribution in [0.1, 0.15) is 24.5 Å². The van der Waals surface area contributed by atoms with Crippen LogP contribution < -0.4 is 15.4 Å². The standard InChI is InChI=1S/C25H34N4O4/c1-19(31)29-12-6-11-27(16-20-7-5-9-22(15-20)33-2)13-14-28(25(32)23(26)18-30)17-21-8-3-4-10-24(21)29/h3-5,7-10,15,23,30H,6,11-14,16-18,26H2,1-2H3/t23-/m1/s1. The molecule has 0 spiro atoms. The van der Waals surface area contributed by atoms with Gasteiger partial charge >= 0.3 is 0 Å². The van der Waals surface area contributed by atoms with Gasteiger partial charge in [-0.15, -0.1) is 0 Å². The van der Waals surface area contributed by atoms with Gasteiger partial charge in [0.25, 0.3) is 0 Å². The van der Waals surface area contributed by atoms with Crippen molar-refractivity contribution in [2.75, 3.05) is 44.8 Å². The van der Waals surface area contributed by atoms with Crippen LogP contribution in [0.4, 0.5) is 5.69 Å². The number of amides is 2. The highest BCUT2D eigenvalue weighted by molar-refractivity contribution is 5.92. The van der Waals surface area contributed by atoms with E-state index in [2.05, 4.69) is 11.0 Å². The van der Waals surface area contributed by atoms with Crippen LogP contribution in [-0.2, 0) is 22.7 Å². The van der Waals surface area contributed by atoms with Gasteiger partial charge in [-0.25, -0.2) is 0 Å². The molecule has 8 heteroatoms. The molecule has 1 heterocycles. The molecule has 2 aromatic rings.